The number of aliphatic imine (C=N–C) groups is 1. The second-order valence-corrected chi connectivity index (χ2v) is 5.68. The highest BCUT2D eigenvalue weighted by Gasteiger charge is 2.31. The number of methoxy groups -OCH3 is 1. The van der Waals surface area contributed by atoms with Gasteiger partial charge < -0.3 is 19.5 Å². The molecule has 1 N–H and O–H groups in total. The molecule has 5 heteroatoms. The van der Waals surface area contributed by atoms with E-state index < -0.39 is 0 Å². The molecule has 0 aromatic heterocycles. The molecular weight excluding hydrogens is 316 g/mol. The molecular formula is C20H24N2O3. The van der Waals surface area contributed by atoms with Gasteiger partial charge in [-0.15, -0.1) is 0 Å². The van der Waals surface area contributed by atoms with Crippen molar-refractivity contribution in [2.24, 2.45) is 4.99 Å². The first-order chi connectivity index (χ1) is 12.3. The normalized spacial score (nSPS) is 15.8. The van der Waals surface area contributed by atoms with E-state index in [1.54, 1.807) is 7.11 Å². The Labute approximate surface area is 148 Å². The van der Waals surface area contributed by atoms with Crippen molar-refractivity contribution in [1.29, 1.82) is 0 Å². The molecule has 0 fully saturated rings. The predicted octanol–water partition coefficient (Wildman–Crippen LogP) is 3.22. The fourth-order valence-corrected chi connectivity index (χ4v) is 2.89. The molecule has 2 aromatic rings. The van der Waals surface area contributed by atoms with E-state index in [9.17, 15) is 0 Å². The largest absolute Gasteiger partial charge is 0.490 e. The number of para-hydroxylation sites is 2. The molecule has 2 unspecified atom stereocenters. The van der Waals surface area contributed by atoms with Crippen LogP contribution in [-0.2, 0) is 4.74 Å². The Bertz CT molecular complexity index is 703. The van der Waals surface area contributed by atoms with Gasteiger partial charge in [0, 0.05) is 13.7 Å². The lowest BCUT2D eigenvalue weighted by Gasteiger charge is -2.28. The highest BCUT2D eigenvalue weighted by molar-refractivity contribution is 5.88. The molecule has 2 aromatic carbocycles. The van der Waals surface area contributed by atoms with Crippen molar-refractivity contribution in [3.8, 4) is 11.5 Å². The summed E-state index contributed by atoms with van der Waals surface area (Å²) in [6.45, 7) is 4.12. The molecule has 1 aliphatic heterocycles. The molecule has 25 heavy (non-hydrogen) atoms. The average molecular weight is 340 g/mol. The van der Waals surface area contributed by atoms with Crippen molar-refractivity contribution < 1.29 is 14.2 Å². The molecule has 132 valence electrons. The van der Waals surface area contributed by atoms with Crippen LogP contribution in [0.25, 0.3) is 0 Å². The molecule has 0 bridgehead atoms. The van der Waals surface area contributed by atoms with Gasteiger partial charge in [0.15, 0.2) is 23.7 Å². The summed E-state index contributed by atoms with van der Waals surface area (Å²) in [5, 5.41) is 3.30. The summed E-state index contributed by atoms with van der Waals surface area (Å²) in [6, 6.07) is 17.8. The van der Waals surface area contributed by atoms with E-state index in [-0.39, 0.29) is 12.2 Å². The smallest absolute Gasteiger partial charge is 0.162 e. The second-order valence-electron chi connectivity index (χ2n) is 5.68. The van der Waals surface area contributed by atoms with Gasteiger partial charge in [-0.2, -0.15) is 0 Å². The SMILES string of the molecule is CCOc1ccccc1OC(c1ccccc1)C(OC)C1=NCCN1. The number of hydrogen-bond acceptors (Lipinski definition) is 5. The van der Waals surface area contributed by atoms with Crippen LogP contribution < -0.4 is 14.8 Å². The van der Waals surface area contributed by atoms with Gasteiger partial charge in [-0.1, -0.05) is 42.5 Å². The van der Waals surface area contributed by atoms with E-state index in [0.29, 0.717) is 12.4 Å². The molecule has 0 radical (unpaired) electrons. The maximum atomic E-state index is 6.38. The Morgan fingerprint density at radius 3 is 2.36 bits per heavy atom. The summed E-state index contributed by atoms with van der Waals surface area (Å²) in [7, 11) is 1.68. The van der Waals surface area contributed by atoms with E-state index in [0.717, 1.165) is 30.2 Å². The maximum Gasteiger partial charge on any atom is 0.162 e. The lowest BCUT2D eigenvalue weighted by molar-refractivity contribution is 0.0396. The van der Waals surface area contributed by atoms with Crippen molar-refractivity contribution in [2.75, 3.05) is 26.8 Å². The standard InChI is InChI=1S/C20H24N2O3/c1-3-24-16-11-7-8-12-17(16)25-18(15-9-5-4-6-10-15)19(23-2)20-21-13-14-22-20/h4-12,18-19H,3,13-14H2,1-2H3,(H,21,22). The maximum absolute atomic E-state index is 6.38. The van der Waals surface area contributed by atoms with E-state index in [2.05, 4.69) is 10.3 Å². The van der Waals surface area contributed by atoms with Crippen molar-refractivity contribution in [1.82, 2.24) is 5.32 Å². The van der Waals surface area contributed by atoms with Crippen LogP contribution in [0.5, 0.6) is 11.5 Å². The highest BCUT2D eigenvalue weighted by atomic mass is 16.6. The van der Waals surface area contributed by atoms with E-state index in [1.807, 2.05) is 61.5 Å². The number of nitrogens with zero attached hydrogens (tertiary/aromatic N) is 1. The van der Waals surface area contributed by atoms with Crippen molar-refractivity contribution in [3.63, 3.8) is 0 Å². The molecule has 0 spiro atoms. The number of nitrogens with one attached hydrogen (secondary N) is 1. The van der Waals surface area contributed by atoms with Crippen LogP contribution in [0.1, 0.15) is 18.6 Å². The molecule has 5 nitrogen and oxygen atoms in total. The molecule has 1 heterocycles. The molecule has 0 aliphatic carbocycles. The quantitative estimate of drug-likeness (QED) is 0.802. The first kappa shape index (κ1) is 17.3. The first-order valence-electron chi connectivity index (χ1n) is 8.58. The zero-order valence-electron chi connectivity index (χ0n) is 14.6. The summed E-state index contributed by atoms with van der Waals surface area (Å²) in [6.07, 6.45) is -0.656. The average Bonchev–Trinajstić information content (AvgIpc) is 3.18. The number of hydrogen-bond donors (Lipinski definition) is 1. The summed E-state index contributed by atoms with van der Waals surface area (Å²) < 4.78 is 17.8. The minimum Gasteiger partial charge on any atom is -0.490 e. The number of ether oxygens (including phenoxy) is 3. The van der Waals surface area contributed by atoms with Crippen LogP contribution in [0.4, 0.5) is 0 Å². The van der Waals surface area contributed by atoms with Crippen LogP contribution in [0.3, 0.4) is 0 Å². The van der Waals surface area contributed by atoms with Gasteiger partial charge in [-0.3, -0.25) is 4.99 Å². The lowest BCUT2D eigenvalue weighted by Crippen LogP contribution is -2.39. The topological polar surface area (TPSA) is 52.1 Å². The molecule has 0 amide bonds. The number of rotatable bonds is 8. The highest BCUT2D eigenvalue weighted by Crippen LogP contribution is 2.33. The van der Waals surface area contributed by atoms with Crippen LogP contribution in [0.15, 0.2) is 59.6 Å². The van der Waals surface area contributed by atoms with Gasteiger partial charge in [0.05, 0.1) is 13.2 Å². The summed E-state index contributed by atoms with van der Waals surface area (Å²) in [4.78, 5) is 4.52. The van der Waals surface area contributed by atoms with Crippen molar-refractivity contribution in [2.45, 2.75) is 19.1 Å². The Kier molecular flexibility index (Phi) is 5.90. The molecule has 1 aliphatic rings. The van der Waals surface area contributed by atoms with Crippen LogP contribution >= 0.6 is 0 Å². The summed E-state index contributed by atoms with van der Waals surface area (Å²) >= 11 is 0. The molecule has 3 rings (SSSR count). The fraction of sp³-hybridized carbons (Fsp3) is 0.350. The summed E-state index contributed by atoms with van der Waals surface area (Å²) in [5.41, 5.74) is 1.03. The first-order valence-corrected chi connectivity index (χ1v) is 8.58. The summed E-state index contributed by atoms with van der Waals surface area (Å²) in [5.74, 6) is 2.24. The lowest BCUT2D eigenvalue weighted by atomic mass is 10.0. The Hall–Kier alpha value is -2.53. The minimum absolute atomic E-state index is 0.320. The fourth-order valence-electron chi connectivity index (χ4n) is 2.89. The molecule has 0 saturated carbocycles. The van der Waals surface area contributed by atoms with Gasteiger partial charge >= 0.3 is 0 Å². The third-order valence-electron chi connectivity index (χ3n) is 4.03. The van der Waals surface area contributed by atoms with Gasteiger partial charge in [0.1, 0.15) is 5.84 Å². The molecule has 2 atom stereocenters. The van der Waals surface area contributed by atoms with Gasteiger partial charge in [0.2, 0.25) is 0 Å². The predicted molar refractivity (Wildman–Crippen MR) is 98.5 cm³/mol. The van der Waals surface area contributed by atoms with Gasteiger partial charge in [-0.25, -0.2) is 0 Å². The number of amidine groups is 1. The number of benzene rings is 2. The van der Waals surface area contributed by atoms with Gasteiger partial charge in [-0.05, 0) is 24.6 Å². The zero-order valence-corrected chi connectivity index (χ0v) is 14.6. The Balaban J connectivity index is 1.94. The zero-order chi connectivity index (χ0) is 17.5. The van der Waals surface area contributed by atoms with Crippen LogP contribution in [0.2, 0.25) is 0 Å². The second kappa shape index (κ2) is 8.53. The van der Waals surface area contributed by atoms with Crippen molar-refractivity contribution >= 4 is 5.84 Å². The van der Waals surface area contributed by atoms with E-state index >= 15 is 0 Å². The van der Waals surface area contributed by atoms with Crippen LogP contribution in [-0.4, -0.2) is 38.7 Å². The Morgan fingerprint density at radius 2 is 1.72 bits per heavy atom. The van der Waals surface area contributed by atoms with E-state index in [4.69, 9.17) is 14.2 Å². The van der Waals surface area contributed by atoms with E-state index in [1.165, 1.54) is 0 Å². The van der Waals surface area contributed by atoms with Crippen LogP contribution in [0, 0.1) is 0 Å². The van der Waals surface area contributed by atoms with Crippen molar-refractivity contribution in [3.05, 3.63) is 60.2 Å². The third kappa shape index (κ3) is 4.12. The molecule has 0 saturated heterocycles. The van der Waals surface area contributed by atoms with Gasteiger partial charge in [0.25, 0.3) is 0 Å². The minimum atomic E-state index is -0.336. The Morgan fingerprint density at radius 1 is 1.00 bits per heavy atom. The third-order valence-corrected chi connectivity index (χ3v) is 4.03. The monoisotopic (exact) mass is 340 g/mol.